The number of hydroxylamine groups is 2. The molecule has 0 spiro atoms. The molecule has 2 atom stereocenters. The summed E-state index contributed by atoms with van der Waals surface area (Å²) in [6.07, 6.45) is -0.143. The molecule has 9 nitrogen and oxygen atoms in total. The van der Waals surface area contributed by atoms with Crippen LogP contribution in [0.5, 0.6) is 0 Å². The van der Waals surface area contributed by atoms with E-state index in [0.717, 1.165) is 5.06 Å². The van der Waals surface area contributed by atoms with Crippen molar-refractivity contribution in [1.29, 1.82) is 0 Å². The average molecular weight is 466 g/mol. The van der Waals surface area contributed by atoms with E-state index in [1.807, 2.05) is 67.6 Å². The molecule has 0 bridgehead atoms. The molecule has 2 fully saturated rings. The number of hydrogen-bond donors (Lipinski definition) is 1. The predicted molar refractivity (Wildman–Crippen MR) is 119 cm³/mol. The fourth-order valence-corrected chi connectivity index (χ4v) is 4.02. The van der Waals surface area contributed by atoms with Crippen molar-refractivity contribution in [3.63, 3.8) is 0 Å². The summed E-state index contributed by atoms with van der Waals surface area (Å²) in [4.78, 5) is 56.2. The zero-order chi connectivity index (χ0) is 24.1. The summed E-state index contributed by atoms with van der Waals surface area (Å²) < 4.78 is 11.3. The number of ether oxygens (including phenoxy) is 2. The topological polar surface area (TPSA) is 111 Å². The molecule has 2 aliphatic rings. The van der Waals surface area contributed by atoms with Gasteiger partial charge in [0.2, 0.25) is 5.91 Å². The Hall–Kier alpha value is -3.72. The fraction of sp³-hybridized carbons (Fsp3) is 0.360. The molecule has 0 aromatic heterocycles. The number of cyclic esters (lactones) is 1. The average Bonchev–Trinajstić information content (AvgIpc) is 3.42. The van der Waals surface area contributed by atoms with Gasteiger partial charge in [0.1, 0.15) is 12.6 Å². The highest BCUT2D eigenvalue weighted by molar-refractivity contribution is 5.94. The SMILES string of the molecule is CCCC(=O)N[C@H]1CON(C2(C(=O)OC(c3ccccc3)c3ccccc3)CCC(=O)O2)C1=O. The van der Waals surface area contributed by atoms with Crippen molar-refractivity contribution in [3.8, 4) is 0 Å². The molecule has 2 saturated heterocycles. The summed E-state index contributed by atoms with van der Waals surface area (Å²) in [5.74, 6) is -2.56. The fourth-order valence-electron chi connectivity index (χ4n) is 4.02. The summed E-state index contributed by atoms with van der Waals surface area (Å²) in [6.45, 7) is 1.67. The normalized spacial score (nSPS) is 22.1. The largest absolute Gasteiger partial charge is 0.448 e. The Labute approximate surface area is 196 Å². The van der Waals surface area contributed by atoms with Gasteiger partial charge in [0.15, 0.2) is 6.10 Å². The van der Waals surface area contributed by atoms with Crippen molar-refractivity contribution in [2.45, 2.75) is 50.5 Å². The maximum atomic E-state index is 13.6. The Morgan fingerprint density at radius 2 is 1.71 bits per heavy atom. The highest BCUT2D eigenvalue weighted by Gasteiger charge is 2.60. The van der Waals surface area contributed by atoms with Crippen molar-refractivity contribution in [3.05, 3.63) is 71.8 Å². The molecule has 1 unspecified atom stereocenters. The molecular formula is C25H26N2O7. The van der Waals surface area contributed by atoms with Crippen LogP contribution >= 0.6 is 0 Å². The first kappa shape index (κ1) is 23.4. The monoisotopic (exact) mass is 466 g/mol. The van der Waals surface area contributed by atoms with Crippen LogP contribution in [0.3, 0.4) is 0 Å². The van der Waals surface area contributed by atoms with Gasteiger partial charge < -0.3 is 14.8 Å². The van der Waals surface area contributed by atoms with E-state index in [0.29, 0.717) is 17.5 Å². The van der Waals surface area contributed by atoms with Gasteiger partial charge in [-0.15, -0.1) is 0 Å². The number of hydrogen-bond acceptors (Lipinski definition) is 7. The van der Waals surface area contributed by atoms with Crippen molar-refractivity contribution in [2.75, 3.05) is 6.61 Å². The standard InChI is InChI=1S/C25H26N2O7/c1-2-9-20(28)26-19-16-32-27(23(19)30)25(15-14-21(29)34-25)24(31)33-22(17-10-5-3-6-11-17)18-12-7-4-8-13-18/h3-8,10-13,19,22H,2,9,14-16H2,1H3,(H,26,28)/t19-,25?/m0/s1. The molecule has 2 heterocycles. The lowest BCUT2D eigenvalue weighted by atomic mass is 10.0. The third kappa shape index (κ3) is 4.65. The number of rotatable bonds is 8. The predicted octanol–water partition coefficient (Wildman–Crippen LogP) is 2.41. The second-order valence-electron chi connectivity index (χ2n) is 8.16. The van der Waals surface area contributed by atoms with Crippen LogP contribution in [0.25, 0.3) is 0 Å². The first-order chi connectivity index (χ1) is 16.4. The Balaban J connectivity index is 1.61. The molecule has 1 N–H and O–H groups in total. The smallest absolute Gasteiger partial charge is 0.376 e. The van der Waals surface area contributed by atoms with E-state index in [1.165, 1.54) is 0 Å². The molecule has 34 heavy (non-hydrogen) atoms. The van der Waals surface area contributed by atoms with Crippen LogP contribution in [-0.4, -0.2) is 47.2 Å². The number of nitrogens with zero attached hydrogens (tertiary/aromatic N) is 1. The van der Waals surface area contributed by atoms with Crippen molar-refractivity contribution < 1.29 is 33.5 Å². The van der Waals surface area contributed by atoms with Crippen molar-refractivity contribution in [1.82, 2.24) is 10.4 Å². The second kappa shape index (κ2) is 10.0. The minimum atomic E-state index is -2.07. The van der Waals surface area contributed by atoms with Gasteiger partial charge >= 0.3 is 17.7 Å². The van der Waals surface area contributed by atoms with E-state index in [4.69, 9.17) is 14.3 Å². The second-order valence-corrected chi connectivity index (χ2v) is 8.16. The lowest BCUT2D eigenvalue weighted by Gasteiger charge is -2.34. The molecule has 0 radical (unpaired) electrons. The first-order valence-corrected chi connectivity index (χ1v) is 11.2. The van der Waals surface area contributed by atoms with E-state index in [9.17, 15) is 19.2 Å². The third-order valence-electron chi connectivity index (χ3n) is 5.71. The molecular weight excluding hydrogens is 440 g/mol. The minimum Gasteiger partial charge on any atom is -0.448 e. The van der Waals surface area contributed by atoms with E-state index in [2.05, 4.69) is 5.32 Å². The van der Waals surface area contributed by atoms with Crippen LogP contribution in [0.4, 0.5) is 0 Å². The zero-order valence-corrected chi connectivity index (χ0v) is 18.8. The Morgan fingerprint density at radius 3 is 2.24 bits per heavy atom. The van der Waals surface area contributed by atoms with E-state index < -0.39 is 35.7 Å². The van der Waals surface area contributed by atoms with Crippen LogP contribution in [0, 0.1) is 0 Å². The molecule has 4 rings (SSSR count). The van der Waals surface area contributed by atoms with E-state index in [1.54, 1.807) is 0 Å². The first-order valence-electron chi connectivity index (χ1n) is 11.2. The molecule has 2 aromatic carbocycles. The quantitative estimate of drug-likeness (QED) is 0.595. The van der Waals surface area contributed by atoms with Gasteiger partial charge in [-0.1, -0.05) is 67.6 Å². The van der Waals surface area contributed by atoms with E-state index in [-0.39, 0.29) is 31.8 Å². The molecule has 2 amide bonds. The van der Waals surface area contributed by atoms with Gasteiger partial charge in [0.25, 0.3) is 5.91 Å². The number of benzene rings is 2. The Morgan fingerprint density at radius 1 is 1.09 bits per heavy atom. The number of nitrogens with one attached hydrogen (secondary N) is 1. The number of esters is 2. The van der Waals surface area contributed by atoms with Crippen molar-refractivity contribution >= 4 is 23.8 Å². The van der Waals surface area contributed by atoms with Crippen LogP contribution in [-0.2, 0) is 33.5 Å². The van der Waals surface area contributed by atoms with Crippen LogP contribution in [0.1, 0.15) is 49.8 Å². The highest BCUT2D eigenvalue weighted by atomic mass is 16.8. The third-order valence-corrected chi connectivity index (χ3v) is 5.71. The summed E-state index contributed by atoms with van der Waals surface area (Å²) in [7, 11) is 0. The van der Waals surface area contributed by atoms with Gasteiger partial charge in [-0.05, 0) is 17.5 Å². The molecule has 9 heteroatoms. The maximum Gasteiger partial charge on any atom is 0.376 e. The van der Waals surface area contributed by atoms with Gasteiger partial charge in [0, 0.05) is 12.8 Å². The number of carbonyl (C=O) groups is 4. The molecule has 2 aromatic rings. The lowest BCUT2D eigenvalue weighted by Crippen LogP contribution is -2.57. The van der Waals surface area contributed by atoms with Crippen molar-refractivity contribution in [2.24, 2.45) is 0 Å². The molecule has 0 saturated carbocycles. The van der Waals surface area contributed by atoms with Crippen LogP contribution in [0.15, 0.2) is 60.7 Å². The maximum absolute atomic E-state index is 13.6. The lowest BCUT2D eigenvalue weighted by molar-refractivity contribution is -0.260. The Kier molecular flexibility index (Phi) is 6.93. The summed E-state index contributed by atoms with van der Waals surface area (Å²) in [5, 5.41) is 3.35. The summed E-state index contributed by atoms with van der Waals surface area (Å²) in [5.41, 5.74) is -0.653. The van der Waals surface area contributed by atoms with Gasteiger partial charge in [-0.3, -0.25) is 19.2 Å². The number of amides is 2. The van der Waals surface area contributed by atoms with Crippen LogP contribution in [0.2, 0.25) is 0 Å². The number of carbonyl (C=O) groups excluding carboxylic acids is 4. The van der Waals surface area contributed by atoms with Gasteiger partial charge in [-0.25, -0.2) is 4.79 Å². The molecule has 0 aliphatic carbocycles. The molecule has 2 aliphatic heterocycles. The zero-order valence-electron chi connectivity index (χ0n) is 18.8. The summed E-state index contributed by atoms with van der Waals surface area (Å²) in [6, 6.07) is 17.2. The Bertz CT molecular complexity index is 1020. The summed E-state index contributed by atoms with van der Waals surface area (Å²) >= 11 is 0. The van der Waals surface area contributed by atoms with Gasteiger partial charge in [0.05, 0.1) is 6.42 Å². The molecule has 178 valence electrons. The van der Waals surface area contributed by atoms with Gasteiger partial charge in [-0.2, -0.15) is 5.06 Å². The van der Waals surface area contributed by atoms with Crippen LogP contribution < -0.4 is 5.32 Å². The van der Waals surface area contributed by atoms with E-state index >= 15 is 0 Å². The minimum absolute atomic E-state index is 0.0869. The highest BCUT2D eigenvalue weighted by Crippen LogP contribution is 2.37.